The van der Waals surface area contributed by atoms with Gasteiger partial charge in [-0.25, -0.2) is 5.10 Å². The van der Waals surface area contributed by atoms with E-state index < -0.39 is 0 Å². The first-order valence-corrected chi connectivity index (χ1v) is 6.61. The second kappa shape index (κ2) is 5.18. The second-order valence-electron chi connectivity index (χ2n) is 4.83. The molecule has 6 heteroatoms. The molecule has 2 rings (SSSR count). The molecule has 1 unspecified atom stereocenters. The van der Waals surface area contributed by atoms with Crippen LogP contribution in [0.1, 0.15) is 19.8 Å². The van der Waals surface area contributed by atoms with Crippen molar-refractivity contribution in [1.29, 1.82) is 0 Å². The number of aromatic nitrogens is 3. The van der Waals surface area contributed by atoms with Crippen molar-refractivity contribution in [3.63, 3.8) is 0 Å². The van der Waals surface area contributed by atoms with E-state index in [9.17, 15) is 0 Å². The van der Waals surface area contributed by atoms with Gasteiger partial charge in [-0.15, -0.1) is 5.10 Å². The normalized spacial score (nSPS) is 20.5. The molecule has 1 aliphatic heterocycles. The summed E-state index contributed by atoms with van der Waals surface area (Å²) in [6.45, 7) is 5.20. The minimum Gasteiger partial charge on any atom is -0.339 e. The summed E-state index contributed by atoms with van der Waals surface area (Å²) >= 11 is 5.26. The predicted octanol–water partition coefficient (Wildman–Crippen LogP) is 1.49. The number of nitrogens with one attached hydrogen (secondary N) is 1. The first-order valence-electron chi connectivity index (χ1n) is 6.20. The topological polar surface area (TPSA) is 40.1 Å². The van der Waals surface area contributed by atoms with Crippen molar-refractivity contribution in [2.45, 2.75) is 32.4 Å². The molecule has 1 fully saturated rings. The standard InChI is InChI=1S/C11H21N5S/c1-4-6-16-10(12-13-11(16)17)15-7-5-9(8-15)14(2)3/h9H,4-8H2,1-3H3,(H,13,17). The average molecular weight is 255 g/mol. The average Bonchev–Trinajstić information content (AvgIpc) is 2.87. The van der Waals surface area contributed by atoms with E-state index in [1.165, 1.54) is 6.42 Å². The lowest BCUT2D eigenvalue weighted by Gasteiger charge is -2.21. The van der Waals surface area contributed by atoms with Crippen LogP contribution >= 0.6 is 12.2 Å². The van der Waals surface area contributed by atoms with Crippen molar-refractivity contribution >= 4 is 18.2 Å². The minimum absolute atomic E-state index is 0.621. The minimum atomic E-state index is 0.621. The summed E-state index contributed by atoms with van der Waals surface area (Å²) in [6.07, 6.45) is 2.27. The predicted molar refractivity (Wildman–Crippen MR) is 72.0 cm³/mol. The molecule has 0 amide bonds. The van der Waals surface area contributed by atoms with E-state index in [-0.39, 0.29) is 0 Å². The fraction of sp³-hybridized carbons (Fsp3) is 0.818. The van der Waals surface area contributed by atoms with Crippen LogP contribution < -0.4 is 4.90 Å². The van der Waals surface area contributed by atoms with Crippen LogP contribution in [-0.4, -0.2) is 52.9 Å². The molecule has 5 nitrogen and oxygen atoms in total. The molecule has 0 aliphatic carbocycles. The molecule has 0 radical (unpaired) electrons. The van der Waals surface area contributed by atoms with E-state index in [4.69, 9.17) is 12.2 Å². The summed E-state index contributed by atoms with van der Waals surface area (Å²) in [4.78, 5) is 4.61. The van der Waals surface area contributed by atoms with Gasteiger partial charge < -0.3 is 9.80 Å². The van der Waals surface area contributed by atoms with Crippen LogP contribution in [0.3, 0.4) is 0 Å². The highest BCUT2D eigenvalue weighted by Gasteiger charge is 2.26. The van der Waals surface area contributed by atoms with Crippen LogP contribution in [0.15, 0.2) is 0 Å². The first kappa shape index (κ1) is 12.6. The summed E-state index contributed by atoms with van der Waals surface area (Å²) in [5.41, 5.74) is 0. The van der Waals surface area contributed by atoms with Gasteiger partial charge in [-0.2, -0.15) is 0 Å². The van der Waals surface area contributed by atoms with Gasteiger partial charge in [0.15, 0.2) is 4.77 Å². The monoisotopic (exact) mass is 255 g/mol. The van der Waals surface area contributed by atoms with Gasteiger partial charge in [-0.05, 0) is 39.2 Å². The Morgan fingerprint density at radius 2 is 2.29 bits per heavy atom. The fourth-order valence-corrected chi connectivity index (χ4v) is 2.54. The number of H-pyrrole nitrogens is 1. The molecule has 2 heterocycles. The van der Waals surface area contributed by atoms with E-state index in [1.807, 2.05) is 0 Å². The lowest BCUT2D eigenvalue weighted by atomic mass is 10.2. The molecule has 1 aliphatic rings. The fourth-order valence-electron chi connectivity index (χ4n) is 2.32. The number of hydrogen-bond acceptors (Lipinski definition) is 4. The quantitative estimate of drug-likeness (QED) is 0.828. The van der Waals surface area contributed by atoms with Crippen LogP contribution in [0.25, 0.3) is 0 Å². The molecule has 1 aromatic rings. The maximum Gasteiger partial charge on any atom is 0.225 e. The third kappa shape index (κ3) is 2.52. The van der Waals surface area contributed by atoms with Gasteiger partial charge in [0, 0.05) is 25.7 Å². The summed E-state index contributed by atoms with van der Waals surface area (Å²) in [5.74, 6) is 1.00. The number of nitrogens with zero attached hydrogens (tertiary/aromatic N) is 4. The molecule has 1 N–H and O–H groups in total. The SMILES string of the molecule is CCCn1c(N2CCC(N(C)C)C2)n[nH]c1=S. The van der Waals surface area contributed by atoms with E-state index in [0.29, 0.717) is 6.04 Å². The zero-order valence-corrected chi connectivity index (χ0v) is 11.6. The maximum absolute atomic E-state index is 5.26. The molecule has 1 saturated heterocycles. The molecular formula is C11H21N5S. The van der Waals surface area contributed by atoms with Gasteiger partial charge in [0.2, 0.25) is 5.95 Å². The van der Waals surface area contributed by atoms with Crippen molar-refractivity contribution in [3.8, 4) is 0 Å². The maximum atomic E-state index is 5.26. The summed E-state index contributed by atoms with van der Waals surface area (Å²) in [7, 11) is 4.27. The first-order chi connectivity index (χ1) is 8.13. The van der Waals surface area contributed by atoms with Gasteiger partial charge in [0.1, 0.15) is 0 Å². The molecule has 96 valence electrons. The molecular weight excluding hydrogens is 234 g/mol. The highest BCUT2D eigenvalue weighted by Crippen LogP contribution is 2.20. The van der Waals surface area contributed by atoms with Crippen LogP contribution in [-0.2, 0) is 6.54 Å². The van der Waals surface area contributed by atoms with Gasteiger partial charge in [0.25, 0.3) is 0 Å². The highest BCUT2D eigenvalue weighted by molar-refractivity contribution is 7.71. The van der Waals surface area contributed by atoms with Crippen LogP contribution in [0.5, 0.6) is 0 Å². The van der Waals surface area contributed by atoms with E-state index in [1.54, 1.807) is 0 Å². The van der Waals surface area contributed by atoms with E-state index >= 15 is 0 Å². The Labute approximate surface area is 107 Å². The molecule has 1 aromatic heterocycles. The lowest BCUT2D eigenvalue weighted by molar-refractivity contribution is 0.315. The molecule has 0 bridgehead atoms. The Hall–Kier alpha value is -0.880. The molecule has 0 spiro atoms. The van der Waals surface area contributed by atoms with E-state index in [0.717, 1.165) is 36.8 Å². The Balaban J connectivity index is 2.16. The Kier molecular flexibility index (Phi) is 3.83. The molecule has 0 aromatic carbocycles. The number of hydrogen-bond donors (Lipinski definition) is 1. The second-order valence-corrected chi connectivity index (χ2v) is 5.22. The smallest absolute Gasteiger partial charge is 0.225 e. The molecule has 0 saturated carbocycles. The summed E-state index contributed by atoms with van der Waals surface area (Å²) in [6, 6.07) is 0.621. The van der Waals surface area contributed by atoms with Crippen molar-refractivity contribution in [1.82, 2.24) is 19.7 Å². The van der Waals surface area contributed by atoms with Crippen LogP contribution in [0.2, 0.25) is 0 Å². The van der Waals surface area contributed by atoms with Crippen molar-refractivity contribution in [3.05, 3.63) is 4.77 Å². The van der Waals surface area contributed by atoms with Crippen molar-refractivity contribution in [2.75, 3.05) is 32.1 Å². The Bertz CT molecular complexity index is 422. The van der Waals surface area contributed by atoms with Crippen molar-refractivity contribution in [2.24, 2.45) is 0 Å². The number of likely N-dealkylation sites (N-methyl/N-ethyl adjacent to an activating group) is 1. The number of anilines is 1. The third-order valence-electron chi connectivity index (χ3n) is 3.36. The molecule has 17 heavy (non-hydrogen) atoms. The largest absolute Gasteiger partial charge is 0.339 e. The third-order valence-corrected chi connectivity index (χ3v) is 3.67. The Morgan fingerprint density at radius 3 is 2.88 bits per heavy atom. The van der Waals surface area contributed by atoms with E-state index in [2.05, 4.69) is 45.6 Å². The Morgan fingerprint density at radius 1 is 1.53 bits per heavy atom. The summed E-state index contributed by atoms with van der Waals surface area (Å²) in [5, 5.41) is 7.27. The molecule has 1 atom stereocenters. The lowest BCUT2D eigenvalue weighted by Crippen LogP contribution is -2.32. The van der Waals surface area contributed by atoms with Crippen LogP contribution in [0, 0.1) is 4.77 Å². The van der Waals surface area contributed by atoms with Gasteiger partial charge in [-0.3, -0.25) is 4.57 Å². The highest BCUT2D eigenvalue weighted by atomic mass is 32.1. The number of aromatic amines is 1. The van der Waals surface area contributed by atoms with Gasteiger partial charge >= 0.3 is 0 Å². The zero-order chi connectivity index (χ0) is 12.4. The van der Waals surface area contributed by atoms with Gasteiger partial charge in [-0.1, -0.05) is 6.92 Å². The number of rotatable bonds is 4. The summed E-state index contributed by atoms with van der Waals surface area (Å²) < 4.78 is 2.84. The van der Waals surface area contributed by atoms with Crippen molar-refractivity contribution < 1.29 is 0 Å². The van der Waals surface area contributed by atoms with Crippen LogP contribution in [0.4, 0.5) is 5.95 Å². The zero-order valence-electron chi connectivity index (χ0n) is 10.8. The van der Waals surface area contributed by atoms with Gasteiger partial charge in [0.05, 0.1) is 0 Å².